The van der Waals surface area contributed by atoms with Gasteiger partial charge in [0.2, 0.25) is 0 Å². The van der Waals surface area contributed by atoms with Gasteiger partial charge in [0.25, 0.3) is 0 Å². The van der Waals surface area contributed by atoms with Crippen molar-refractivity contribution in [2.24, 2.45) is 0 Å². The number of hydrogen-bond acceptors (Lipinski definition) is 2. The maximum absolute atomic E-state index is 11.3. The third kappa shape index (κ3) is 3.80. The molecule has 1 aromatic rings. The van der Waals surface area contributed by atoms with Crippen molar-refractivity contribution in [3.05, 3.63) is 39.9 Å². The lowest BCUT2D eigenvalue weighted by Crippen LogP contribution is -2.05. The standard InChI is InChI=1S/C11H10Br2O2/c1-15-11(14)9(7-12)6-8-2-4-10(13)5-3-8/h2-6H,7H2,1H3/b9-6+. The highest BCUT2D eigenvalue weighted by Crippen LogP contribution is 2.14. The Kier molecular flexibility index (Phi) is 5.05. The minimum atomic E-state index is -0.310. The Morgan fingerprint density at radius 3 is 2.47 bits per heavy atom. The molecule has 0 saturated carbocycles. The molecule has 15 heavy (non-hydrogen) atoms. The summed E-state index contributed by atoms with van der Waals surface area (Å²) in [6, 6.07) is 7.70. The molecule has 1 rings (SSSR count). The first-order chi connectivity index (χ1) is 7.17. The van der Waals surface area contributed by atoms with E-state index in [9.17, 15) is 4.79 Å². The largest absolute Gasteiger partial charge is 0.466 e. The van der Waals surface area contributed by atoms with E-state index in [0.29, 0.717) is 10.9 Å². The zero-order valence-corrected chi connectivity index (χ0v) is 11.3. The van der Waals surface area contributed by atoms with Gasteiger partial charge in [-0.15, -0.1) is 0 Å². The van der Waals surface area contributed by atoms with E-state index in [4.69, 9.17) is 0 Å². The highest BCUT2D eigenvalue weighted by atomic mass is 79.9. The van der Waals surface area contributed by atoms with Crippen molar-refractivity contribution in [1.29, 1.82) is 0 Å². The average Bonchev–Trinajstić information content (AvgIpc) is 2.27. The van der Waals surface area contributed by atoms with Gasteiger partial charge in [-0.1, -0.05) is 44.0 Å². The van der Waals surface area contributed by atoms with Gasteiger partial charge in [0.15, 0.2) is 0 Å². The molecule has 0 saturated heterocycles. The van der Waals surface area contributed by atoms with Crippen LogP contribution in [0.25, 0.3) is 6.08 Å². The molecule has 80 valence electrons. The van der Waals surface area contributed by atoms with Crippen LogP contribution in [0.3, 0.4) is 0 Å². The number of carbonyl (C=O) groups is 1. The molecule has 0 N–H and O–H groups in total. The lowest BCUT2D eigenvalue weighted by molar-refractivity contribution is -0.135. The molecule has 0 amide bonds. The van der Waals surface area contributed by atoms with Gasteiger partial charge in [-0.2, -0.15) is 0 Å². The van der Waals surface area contributed by atoms with Gasteiger partial charge in [0.1, 0.15) is 0 Å². The van der Waals surface area contributed by atoms with Gasteiger partial charge in [-0.3, -0.25) is 0 Å². The maximum atomic E-state index is 11.3. The summed E-state index contributed by atoms with van der Waals surface area (Å²) in [7, 11) is 1.38. The molecule has 0 unspecified atom stereocenters. The SMILES string of the molecule is COC(=O)/C(=C/c1ccc(Br)cc1)CBr. The van der Waals surface area contributed by atoms with Gasteiger partial charge in [0.05, 0.1) is 7.11 Å². The predicted molar refractivity (Wildman–Crippen MR) is 67.9 cm³/mol. The Morgan fingerprint density at radius 2 is 2.00 bits per heavy atom. The first kappa shape index (κ1) is 12.5. The van der Waals surface area contributed by atoms with E-state index in [1.54, 1.807) is 6.08 Å². The monoisotopic (exact) mass is 332 g/mol. The number of rotatable bonds is 3. The Morgan fingerprint density at radius 1 is 1.40 bits per heavy atom. The highest BCUT2D eigenvalue weighted by Gasteiger charge is 2.07. The number of hydrogen-bond donors (Lipinski definition) is 0. The zero-order chi connectivity index (χ0) is 11.3. The van der Waals surface area contributed by atoms with Gasteiger partial charge >= 0.3 is 5.97 Å². The van der Waals surface area contributed by atoms with Crippen molar-refractivity contribution >= 4 is 43.9 Å². The van der Waals surface area contributed by atoms with Crippen LogP contribution < -0.4 is 0 Å². The van der Waals surface area contributed by atoms with E-state index >= 15 is 0 Å². The minimum absolute atomic E-state index is 0.310. The van der Waals surface area contributed by atoms with Gasteiger partial charge in [-0.25, -0.2) is 4.79 Å². The fraction of sp³-hybridized carbons (Fsp3) is 0.182. The summed E-state index contributed by atoms with van der Waals surface area (Å²) in [5.74, 6) is -0.310. The van der Waals surface area contributed by atoms with Crippen molar-refractivity contribution in [1.82, 2.24) is 0 Å². The molecule has 0 radical (unpaired) electrons. The number of halogens is 2. The lowest BCUT2D eigenvalue weighted by Gasteiger charge is -2.01. The van der Waals surface area contributed by atoms with Crippen LogP contribution in [0.15, 0.2) is 34.3 Å². The van der Waals surface area contributed by atoms with Crippen LogP contribution in [0, 0.1) is 0 Å². The average molecular weight is 334 g/mol. The molecule has 0 heterocycles. The van der Waals surface area contributed by atoms with Crippen LogP contribution in [0.5, 0.6) is 0 Å². The summed E-state index contributed by atoms with van der Waals surface area (Å²) < 4.78 is 5.66. The fourth-order valence-electron chi connectivity index (χ4n) is 1.04. The van der Waals surface area contributed by atoms with Crippen molar-refractivity contribution in [3.8, 4) is 0 Å². The molecule has 0 atom stereocenters. The van der Waals surface area contributed by atoms with E-state index in [0.717, 1.165) is 10.0 Å². The van der Waals surface area contributed by atoms with E-state index in [1.807, 2.05) is 24.3 Å². The Labute approximate surface area is 106 Å². The molecule has 0 spiro atoms. The van der Waals surface area contributed by atoms with Crippen molar-refractivity contribution in [2.75, 3.05) is 12.4 Å². The molecule has 1 aromatic carbocycles. The molecule has 0 aliphatic rings. The fourth-order valence-corrected chi connectivity index (χ4v) is 1.70. The summed E-state index contributed by atoms with van der Waals surface area (Å²) in [6.45, 7) is 0. The molecule has 0 fully saturated rings. The Hall–Kier alpha value is -0.610. The normalized spacial score (nSPS) is 11.3. The first-order valence-electron chi connectivity index (χ1n) is 4.28. The number of esters is 1. The lowest BCUT2D eigenvalue weighted by atomic mass is 10.1. The molecule has 0 aromatic heterocycles. The number of alkyl halides is 1. The minimum Gasteiger partial charge on any atom is -0.466 e. The van der Waals surface area contributed by atoms with Gasteiger partial charge in [0, 0.05) is 15.4 Å². The van der Waals surface area contributed by atoms with E-state index in [1.165, 1.54) is 7.11 Å². The number of ether oxygens (including phenoxy) is 1. The number of carbonyl (C=O) groups excluding carboxylic acids is 1. The molecule has 0 bridgehead atoms. The molecule has 0 aliphatic carbocycles. The van der Waals surface area contributed by atoms with Crippen LogP contribution in [0.4, 0.5) is 0 Å². The van der Waals surface area contributed by atoms with E-state index < -0.39 is 0 Å². The second kappa shape index (κ2) is 6.08. The van der Waals surface area contributed by atoms with Gasteiger partial charge in [-0.05, 0) is 23.8 Å². The van der Waals surface area contributed by atoms with E-state index in [-0.39, 0.29) is 5.97 Å². The van der Waals surface area contributed by atoms with Crippen LogP contribution in [-0.2, 0) is 9.53 Å². The summed E-state index contributed by atoms with van der Waals surface area (Å²) in [5.41, 5.74) is 1.57. The smallest absolute Gasteiger partial charge is 0.334 e. The van der Waals surface area contributed by atoms with Crippen LogP contribution >= 0.6 is 31.9 Å². The quantitative estimate of drug-likeness (QED) is 0.481. The van der Waals surface area contributed by atoms with Crippen molar-refractivity contribution < 1.29 is 9.53 Å². The third-order valence-corrected chi connectivity index (χ3v) is 2.94. The molecule has 4 heteroatoms. The third-order valence-electron chi connectivity index (χ3n) is 1.80. The van der Waals surface area contributed by atoms with Crippen LogP contribution in [0.1, 0.15) is 5.56 Å². The molecule has 0 aliphatic heterocycles. The first-order valence-corrected chi connectivity index (χ1v) is 6.19. The summed E-state index contributed by atoms with van der Waals surface area (Å²) in [5, 5.41) is 0.482. The second-order valence-electron chi connectivity index (χ2n) is 2.85. The van der Waals surface area contributed by atoms with Crippen LogP contribution in [0.2, 0.25) is 0 Å². The van der Waals surface area contributed by atoms with Crippen molar-refractivity contribution in [3.63, 3.8) is 0 Å². The van der Waals surface area contributed by atoms with Crippen molar-refractivity contribution in [2.45, 2.75) is 0 Å². The topological polar surface area (TPSA) is 26.3 Å². The second-order valence-corrected chi connectivity index (χ2v) is 4.32. The molecule has 2 nitrogen and oxygen atoms in total. The summed E-state index contributed by atoms with van der Waals surface area (Å²) in [4.78, 5) is 11.3. The maximum Gasteiger partial charge on any atom is 0.334 e. The van der Waals surface area contributed by atoms with Crippen LogP contribution in [-0.4, -0.2) is 18.4 Å². The summed E-state index contributed by atoms with van der Waals surface area (Å²) >= 11 is 6.60. The molecular weight excluding hydrogens is 324 g/mol. The summed E-state index contributed by atoms with van der Waals surface area (Å²) in [6.07, 6.45) is 1.80. The number of methoxy groups -OCH3 is 1. The number of benzene rings is 1. The zero-order valence-electron chi connectivity index (χ0n) is 8.17. The van der Waals surface area contributed by atoms with Gasteiger partial charge < -0.3 is 4.74 Å². The molecular formula is C11H10Br2O2. The Balaban J connectivity index is 2.93. The highest BCUT2D eigenvalue weighted by molar-refractivity contribution is 9.10. The Bertz CT molecular complexity index is 369. The predicted octanol–water partition coefficient (Wildman–Crippen LogP) is 3.40. The van der Waals surface area contributed by atoms with E-state index in [2.05, 4.69) is 36.6 Å².